The number of aliphatic hydroxyl groups is 1. The molecule has 0 aliphatic heterocycles. The van der Waals surface area contributed by atoms with Crippen molar-refractivity contribution in [2.75, 3.05) is 13.7 Å². The Balaban J connectivity index is 2.64. The maximum Gasteiger partial charge on any atom is 0.255 e. The number of carbonyl (C=O) groups is 1. The quantitative estimate of drug-likeness (QED) is 0.645. The van der Waals surface area contributed by atoms with Crippen molar-refractivity contribution in [3.63, 3.8) is 0 Å². The highest BCUT2D eigenvalue weighted by molar-refractivity contribution is 5.96. The Bertz CT molecular complexity index is 382. The predicted octanol–water partition coefficient (Wildman–Crippen LogP) is -0.472. The van der Waals surface area contributed by atoms with E-state index in [0.717, 1.165) is 0 Å². The zero-order chi connectivity index (χ0) is 12.8. The summed E-state index contributed by atoms with van der Waals surface area (Å²) in [6.07, 6.45) is 2.30. The molecule has 6 heteroatoms. The summed E-state index contributed by atoms with van der Waals surface area (Å²) < 4.78 is 5.02. The number of nitrogens with zero attached hydrogens (tertiary/aromatic N) is 1. The van der Waals surface area contributed by atoms with Crippen LogP contribution in [0.15, 0.2) is 18.5 Å². The first-order valence-electron chi connectivity index (χ1n) is 5.26. The molecule has 1 heterocycles. The van der Waals surface area contributed by atoms with Crippen LogP contribution in [0.25, 0.3) is 0 Å². The second-order valence-corrected chi connectivity index (χ2v) is 3.69. The Morgan fingerprint density at radius 2 is 2.41 bits per heavy atom. The largest absolute Gasteiger partial charge is 0.494 e. The molecule has 4 N–H and O–H groups in total. The third-order valence-corrected chi connectivity index (χ3v) is 2.37. The van der Waals surface area contributed by atoms with Crippen molar-refractivity contribution >= 4 is 5.91 Å². The van der Waals surface area contributed by atoms with E-state index in [1.165, 1.54) is 19.5 Å². The molecule has 0 aliphatic rings. The number of hydrogen-bond donors (Lipinski definition) is 3. The Kier molecular flexibility index (Phi) is 4.86. The number of nitrogens with one attached hydrogen (secondary N) is 1. The molecule has 0 spiro atoms. The molecule has 17 heavy (non-hydrogen) atoms. The lowest BCUT2D eigenvalue weighted by atomic mass is 10.2. The lowest BCUT2D eigenvalue weighted by molar-refractivity contribution is 0.0934. The Morgan fingerprint density at radius 3 is 3.00 bits per heavy atom. The van der Waals surface area contributed by atoms with Gasteiger partial charge in [-0.25, -0.2) is 0 Å². The van der Waals surface area contributed by atoms with Crippen LogP contribution in [0.5, 0.6) is 5.75 Å². The molecule has 1 rings (SSSR count). The molecule has 2 unspecified atom stereocenters. The highest BCUT2D eigenvalue weighted by atomic mass is 16.5. The summed E-state index contributed by atoms with van der Waals surface area (Å²) in [6.45, 7) is 1.77. The third kappa shape index (κ3) is 3.69. The number of rotatable bonds is 5. The average Bonchev–Trinajstić information content (AvgIpc) is 2.35. The van der Waals surface area contributed by atoms with Crippen LogP contribution in [0.2, 0.25) is 0 Å². The van der Waals surface area contributed by atoms with Crippen LogP contribution in [0, 0.1) is 0 Å². The zero-order valence-corrected chi connectivity index (χ0v) is 9.88. The summed E-state index contributed by atoms with van der Waals surface area (Å²) in [6, 6.07) is 1.06. The number of methoxy groups -OCH3 is 1. The van der Waals surface area contributed by atoms with Crippen molar-refractivity contribution in [2.24, 2.45) is 5.73 Å². The maximum atomic E-state index is 11.8. The van der Waals surface area contributed by atoms with Crippen molar-refractivity contribution in [1.82, 2.24) is 10.3 Å². The van der Waals surface area contributed by atoms with Gasteiger partial charge in [0.25, 0.3) is 5.91 Å². The summed E-state index contributed by atoms with van der Waals surface area (Å²) in [7, 11) is 1.47. The van der Waals surface area contributed by atoms with Crippen LogP contribution in [0.1, 0.15) is 17.3 Å². The number of aromatic nitrogens is 1. The number of amides is 1. The van der Waals surface area contributed by atoms with Crippen LogP contribution >= 0.6 is 0 Å². The molecule has 1 aromatic rings. The summed E-state index contributed by atoms with van der Waals surface area (Å²) in [4.78, 5) is 15.6. The highest BCUT2D eigenvalue weighted by Gasteiger charge is 2.14. The van der Waals surface area contributed by atoms with E-state index in [1.807, 2.05) is 0 Å². The van der Waals surface area contributed by atoms with Crippen molar-refractivity contribution in [1.29, 1.82) is 0 Å². The second-order valence-electron chi connectivity index (χ2n) is 3.69. The third-order valence-electron chi connectivity index (χ3n) is 2.37. The van der Waals surface area contributed by atoms with Gasteiger partial charge >= 0.3 is 0 Å². The summed E-state index contributed by atoms with van der Waals surface area (Å²) in [5.41, 5.74) is 5.99. The number of pyridine rings is 1. The van der Waals surface area contributed by atoms with Gasteiger partial charge in [0.05, 0.1) is 25.0 Å². The molecule has 0 radical (unpaired) electrons. The van der Waals surface area contributed by atoms with Gasteiger partial charge in [-0.15, -0.1) is 0 Å². The van der Waals surface area contributed by atoms with Crippen LogP contribution in [0.3, 0.4) is 0 Å². The first-order valence-corrected chi connectivity index (χ1v) is 5.26. The van der Waals surface area contributed by atoms with E-state index in [1.54, 1.807) is 13.0 Å². The fraction of sp³-hybridized carbons (Fsp3) is 0.455. The molecule has 1 amide bonds. The number of aliphatic hydroxyl groups excluding tert-OH is 1. The maximum absolute atomic E-state index is 11.8. The molecule has 0 fully saturated rings. The van der Waals surface area contributed by atoms with Gasteiger partial charge in [0.15, 0.2) is 0 Å². The van der Waals surface area contributed by atoms with E-state index < -0.39 is 12.1 Å². The molecule has 0 bridgehead atoms. The van der Waals surface area contributed by atoms with Crippen molar-refractivity contribution < 1.29 is 14.6 Å². The molecular weight excluding hydrogens is 222 g/mol. The van der Waals surface area contributed by atoms with E-state index in [-0.39, 0.29) is 12.5 Å². The smallest absolute Gasteiger partial charge is 0.255 e. The summed E-state index contributed by atoms with van der Waals surface area (Å²) in [5, 5.41) is 11.8. The molecule has 6 nitrogen and oxygen atoms in total. The van der Waals surface area contributed by atoms with E-state index in [9.17, 15) is 9.90 Å². The van der Waals surface area contributed by atoms with Gasteiger partial charge in [-0.05, 0) is 13.0 Å². The van der Waals surface area contributed by atoms with Gasteiger partial charge in [0, 0.05) is 18.8 Å². The lowest BCUT2D eigenvalue weighted by Gasteiger charge is -2.15. The Labute approximate surface area is 99.8 Å². The molecular formula is C11H17N3O3. The fourth-order valence-corrected chi connectivity index (χ4v) is 1.21. The van der Waals surface area contributed by atoms with Crippen LogP contribution in [0.4, 0.5) is 0 Å². The van der Waals surface area contributed by atoms with Crippen LogP contribution in [-0.4, -0.2) is 41.8 Å². The van der Waals surface area contributed by atoms with Crippen molar-refractivity contribution in [3.8, 4) is 5.75 Å². The predicted molar refractivity (Wildman–Crippen MR) is 62.8 cm³/mol. The van der Waals surface area contributed by atoms with E-state index in [2.05, 4.69) is 10.3 Å². The van der Waals surface area contributed by atoms with Crippen molar-refractivity contribution in [2.45, 2.75) is 19.1 Å². The Hall–Kier alpha value is -1.66. The van der Waals surface area contributed by atoms with Gasteiger partial charge in [-0.1, -0.05) is 0 Å². The zero-order valence-electron chi connectivity index (χ0n) is 9.88. The standard InChI is InChI=1S/C11H17N3O3/c1-7(15)9(12)5-14-11(16)8-3-4-13-6-10(8)17-2/h3-4,6-7,9,15H,5,12H2,1-2H3,(H,14,16). The number of carbonyl (C=O) groups excluding carboxylic acids is 1. The van der Waals surface area contributed by atoms with Gasteiger partial charge in [0.2, 0.25) is 0 Å². The van der Waals surface area contributed by atoms with Gasteiger partial charge in [-0.2, -0.15) is 0 Å². The van der Waals surface area contributed by atoms with Crippen LogP contribution in [-0.2, 0) is 0 Å². The second kappa shape index (κ2) is 6.17. The van der Waals surface area contributed by atoms with E-state index in [4.69, 9.17) is 10.5 Å². The van der Waals surface area contributed by atoms with Gasteiger partial charge < -0.3 is 20.9 Å². The minimum absolute atomic E-state index is 0.196. The first-order chi connectivity index (χ1) is 8.06. The highest BCUT2D eigenvalue weighted by Crippen LogP contribution is 2.14. The van der Waals surface area contributed by atoms with Gasteiger partial charge in [-0.3, -0.25) is 9.78 Å². The molecule has 0 aromatic carbocycles. The lowest BCUT2D eigenvalue weighted by Crippen LogP contribution is -2.43. The normalized spacial score (nSPS) is 13.9. The minimum Gasteiger partial charge on any atom is -0.494 e. The topological polar surface area (TPSA) is 97.5 Å². The first kappa shape index (κ1) is 13.4. The minimum atomic E-state index is -0.672. The number of hydrogen-bond acceptors (Lipinski definition) is 5. The van der Waals surface area contributed by atoms with Crippen LogP contribution < -0.4 is 15.8 Å². The molecule has 0 saturated heterocycles. The monoisotopic (exact) mass is 239 g/mol. The summed E-state index contributed by atoms with van der Waals surface area (Å²) in [5.74, 6) is 0.0935. The Morgan fingerprint density at radius 1 is 1.71 bits per heavy atom. The van der Waals surface area contributed by atoms with E-state index >= 15 is 0 Å². The molecule has 94 valence electrons. The van der Waals surface area contributed by atoms with Gasteiger partial charge in [0.1, 0.15) is 5.75 Å². The number of nitrogens with two attached hydrogens (primary N) is 1. The average molecular weight is 239 g/mol. The van der Waals surface area contributed by atoms with Crippen molar-refractivity contribution in [3.05, 3.63) is 24.0 Å². The SMILES string of the molecule is COc1cnccc1C(=O)NCC(N)C(C)O. The molecule has 2 atom stereocenters. The molecule has 0 aliphatic carbocycles. The van der Waals surface area contributed by atoms with E-state index in [0.29, 0.717) is 11.3 Å². The molecule has 1 aromatic heterocycles. The number of ether oxygens (including phenoxy) is 1. The summed E-state index contributed by atoms with van der Waals surface area (Å²) >= 11 is 0. The fourth-order valence-electron chi connectivity index (χ4n) is 1.21. The molecule has 0 saturated carbocycles.